The molecule has 35 heavy (non-hydrogen) atoms. The lowest BCUT2D eigenvalue weighted by Gasteiger charge is -2.34. The van der Waals surface area contributed by atoms with Gasteiger partial charge in [-0.25, -0.2) is 5.48 Å². The Balaban J connectivity index is 1.59. The number of nitrogens with zero attached hydrogens (tertiary/aromatic N) is 1. The first-order valence-electron chi connectivity index (χ1n) is 11.5. The smallest absolute Gasteiger partial charge is 0.255 e. The van der Waals surface area contributed by atoms with Crippen LogP contribution < -0.4 is 16.1 Å². The molecule has 8 nitrogen and oxygen atoms in total. The summed E-state index contributed by atoms with van der Waals surface area (Å²) < 4.78 is 0. The number of aromatic nitrogens is 1. The zero-order valence-electron chi connectivity index (χ0n) is 20.5. The van der Waals surface area contributed by atoms with Gasteiger partial charge in [-0.05, 0) is 53.6 Å². The van der Waals surface area contributed by atoms with Crippen LogP contribution in [0.3, 0.4) is 0 Å². The van der Waals surface area contributed by atoms with E-state index in [1.165, 1.54) is 0 Å². The van der Waals surface area contributed by atoms with Crippen molar-refractivity contribution < 1.29 is 19.6 Å². The summed E-state index contributed by atoms with van der Waals surface area (Å²) in [7, 11) is 0. The molecule has 0 aliphatic carbocycles. The zero-order chi connectivity index (χ0) is 25.6. The first-order chi connectivity index (χ1) is 16.5. The molecule has 0 spiro atoms. The molecule has 0 unspecified atom stereocenters. The molecule has 3 rings (SSSR count). The van der Waals surface area contributed by atoms with Crippen LogP contribution in [-0.2, 0) is 9.59 Å². The summed E-state index contributed by atoms with van der Waals surface area (Å²) in [5.41, 5.74) is 3.31. The van der Waals surface area contributed by atoms with E-state index in [9.17, 15) is 14.4 Å². The lowest BCUT2D eigenvalue weighted by atomic mass is 9.71. The van der Waals surface area contributed by atoms with Gasteiger partial charge >= 0.3 is 0 Å². The quantitative estimate of drug-likeness (QED) is 0.251. The molecule has 3 amide bonds. The lowest BCUT2D eigenvalue weighted by molar-refractivity contribution is -0.131. The number of carbonyl (C=O) groups excluding carboxylic acids is 3. The second-order valence-corrected chi connectivity index (χ2v) is 10.4. The van der Waals surface area contributed by atoms with Crippen molar-refractivity contribution in [1.82, 2.24) is 10.5 Å². The van der Waals surface area contributed by atoms with Gasteiger partial charge in [0.15, 0.2) is 0 Å². The van der Waals surface area contributed by atoms with Crippen LogP contribution in [0, 0.1) is 10.8 Å². The van der Waals surface area contributed by atoms with E-state index in [0.717, 1.165) is 10.9 Å². The van der Waals surface area contributed by atoms with Gasteiger partial charge in [0.2, 0.25) is 11.8 Å². The van der Waals surface area contributed by atoms with Crippen LogP contribution >= 0.6 is 0 Å². The Kier molecular flexibility index (Phi) is 7.86. The monoisotopic (exact) mass is 476 g/mol. The van der Waals surface area contributed by atoms with Crippen LogP contribution in [0.4, 0.5) is 11.4 Å². The molecule has 184 valence electrons. The van der Waals surface area contributed by atoms with Crippen LogP contribution in [-0.4, -0.2) is 27.9 Å². The predicted molar refractivity (Wildman–Crippen MR) is 136 cm³/mol. The molecular weight excluding hydrogens is 444 g/mol. The van der Waals surface area contributed by atoms with E-state index >= 15 is 0 Å². The molecule has 3 aromatic rings. The van der Waals surface area contributed by atoms with E-state index in [1.54, 1.807) is 42.0 Å². The molecule has 4 N–H and O–H groups in total. The molecule has 8 heteroatoms. The summed E-state index contributed by atoms with van der Waals surface area (Å²) in [6.45, 7) is 7.81. The molecule has 0 atom stereocenters. The maximum atomic E-state index is 12.7. The highest BCUT2D eigenvalue weighted by atomic mass is 16.5. The van der Waals surface area contributed by atoms with E-state index in [2.05, 4.69) is 15.6 Å². The molecule has 0 fully saturated rings. The second-order valence-electron chi connectivity index (χ2n) is 10.4. The number of fused-ring (bicyclic) bond motifs is 1. The Morgan fingerprint density at radius 3 is 2.11 bits per heavy atom. The number of hydrogen-bond donors (Lipinski definition) is 4. The van der Waals surface area contributed by atoms with Crippen molar-refractivity contribution in [1.29, 1.82) is 0 Å². The fraction of sp³-hybridized carbons (Fsp3) is 0.333. The number of carbonyl (C=O) groups is 3. The lowest BCUT2D eigenvalue weighted by Crippen LogP contribution is -2.32. The van der Waals surface area contributed by atoms with Gasteiger partial charge in [0.25, 0.3) is 5.91 Å². The molecule has 2 aromatic carbocycles. The fourth-order valence-corrected chi connectivity index (χ4v) is 4.64. The highest BCUT2D eigenvalue weighted by Gasteiger charge is 2.32. The Labute approximate surface area is 205 Å². The number of hydroxylamine groups is 1. The van der Waals surface area contributed by atoms with E-state index in [1.807, 2.05) is 52.0 Å². The van der Waals surface area contributed by atoms with Gasteiger partial charge in [-0.2, -0.15) is 0 Å². The van der Waals surface area contributed by atoms with Gasteiger partial charge in [-0.15, -0.1) is 0 Å². The fourth-order valence-electron chi connectivity index (χ4n) is 4.64. The third kappa shape index (κ3) is 7.35. The summed E-state index contributed by atoms with van der Waals surface area (Å²) in [6, 6.07) is 16.1. The summed E-state index contributed by atoms with van der Waals surface area (Å²) >= 11 is 0. The third-order valence-corrected chi connectivity index (χ3v) is 5.67. The highest BCUT2D eigenvalue weighted by Crippen LogP contribution is 2.38. The number of rotatable bonds is 9. The number of nitrogens with one attached hydrogen (secondary N) is 3. The molecule has 0 saturated heterocycles. The minimum atomic E-state index is -0.448. The Morgan fingerprint density at radius 1 is 0.829 bits per heavy atom. The number of benzene rings is 2. The van der Waals surface area contributed by atoms with E-state index in [4.69, 9.17) is 5.21 Å². The van der Waals surface area contributed by atoms with E-state index < -0.39 is 5.91 Å². The van der Waals surface area contributed by atoms with Gasteiger partial charge in [-0.1, -0.05) is 45.9 Å². The van der Waals surface area contributed by atoms with Crippen LogP contribution in [0.1, 0.15) is 57.3 Å². The first kappa shape index (κ1) is 25.8. The van der Waals surface area contributed by atoms with Crippen molar-refractivity contribution in [2.45, 2.75) is 47.0 Å². The summed E-state index contributed by atoms with van der Waals surface area (Å²) in [6.07, 6.45) is 2.72. The van der Waals surface area contributed by atoms with Crippen LogP contribution in [0.2, 0.25) is 0 Å². The number of pyridine rings is 1. The molecule has 0 bridgehead atoms. The summed E-state index contributed by atoms with van der Waals surface area (Å²) in [5, 5.41) is 15.5. The van der Waals surface area contributed by atoms with Gasteiger partial charge in [0.05, 0.1) is 11.2 Å². The van der Waals surface area contributed by atoms with Crippen molar-refractivity contribution in [2.75, 3.05) is 10.6 Å². The van der Waals surface area contributed by atoms with Crippen LogP contribution in [0.5, 0.6) is 0 Å². The van der Waals surface area contributed by atoms with Crippen LogP contribution in [0.15, 0.2) is 60.8 Å². The minimum absolute atomic E-state index is 0.156. The summed E-state index contributed by atoms with van der Waals surface area (Å²) in [5.74, 6) is -0.871. The highest BCUT2D eigenvalue weighted by molar-refractivity contribution is 6.08. The molecule has 0 aliphatic rings. The van der Waals surface area contributed by atoms with Crippen LogP contribution in [0.25, 0.3) is 10.9 Å². The minimum Gasteiger partial charge on any atom is -0.326 e. The molecule has 0 radical (unpaired) electrons. The molecule has 1 aromatic heterocycles. The van der Waals surface area contributed by atoms with E-state index in [-0.39, 0.29) is 35.5 Å². The van der Waals surface area contributed by atoms with Crippen molar-refractivity contribution in [2.24, 2.45) is 10.8 Å². The van der Waals surface area contributed by atoms with Gasteiger partial charge in [-0.3, -0.25) is 24.6 Å². The normalized spacial score (nSPS) is 11.7. The maximum absolute atomic E-state index is 12.7. The number of amides is 3. The largest absolute Gasteiger partial charge is 0.326 e. The zero-order valence-corrected chi connectivity index (χ0v) is 20.5. The number of hydrogen-bond acceptors (Lipinski definition) is 5. The standard InChI is InChI=1S/C27H32N4O4/c1-26(2,17-27(3,4)16-23(33)31-35)15-22(32)29-20-12-10-19(11-13-20)25(34)30-21-9-5-7-18-8-6-14-28-24(18)21/h5-14,35H,15-17H2,1-4H3,(H,29,32)(H,30,34)(H,31,33). The first-order valence-corrected chi connectivity index (χ1v) is 11.5. The SMILES string of the molecule is CC(C)(CC(=O)NO)CC(C)(C)CC(=O)Nc1ccc(C(=O)Nc2cccc3cccnc23)cc1. The Hall–Kier alpha value is -3.78. The Bertz CT molecular complexity index is 1210. The van der Waals surface area contributed by atoms with Crippen molar-refractivity contribution >= 4 is 40.0 Å². The average Bonchev–Trinajstić information content (AvgIpc) is 2.78. The molecular formula is C27H32N4O4. The average molecular weight is 477 g/mol. The Morgan fingerprint density at radius 2 is 1.46 bits per heavy atom. The molecule has 0 saturated carbocycles. The number of para-hydroxylation sites is 1. The van der Waals surface area contributed by atoms with Gasteiger partial charge in [0.1, 0.15) is 0 Å². The van der Waals surface area contributed by atoms with Gasteiger partial charge < -0.3 is 10.6 Å². The van der Waals surface area contributed by atoms with E-state index in [0.29, 0.717) is 23.4 Å². The van der Waals surface area contributed by atoms with Gasteiger partial charge in [0, 0.05) is 35.7 Å². The van der Waals surface area contributed by atoms with Crippen molar-refractivity contribution in [3.63, 3.8) is 0 Å². The molecule has 1 heterocycles. The maximum Gasteiger partial charge on any atom is 0.255 e. The topological polar surface area (TPSA) is 120 Å². The van der Waals surface area contributed by atoms with Crippen molar-refractivity contribution in [3.8, 4) is 0 Å². The summed E-state index contributed by atoms with van der Waals surface area (Å²) in [4.78, 5) is 41.3. The number of anilines is 2. The second kappa shape index (κ2) is 10.7. The third-order valence-electron chi connectivity index (χ3n) is 5.67. The predicted octanol–water partition coefficient (Wildman–Crippen LogP) is 5.15. The molecule has 0 aliphatic heterocycles. The van der Waals surface area contributed by atoms with Crippen molar-refractivity contribution in [3.05, 3.63) is 66.4 Å².